The van der Waals surface area contributed by atoms with Crippen molar-refractivity contribution in [3.05, 3.63) is 23.8 Å². The van der Waals surface area contributed by atoms with Crippen LogP contribution < -0.4 is 0 Å². The lowest BCUT2D eigenvalue weighted by Crippen LogP contribution is -2.53. The molecule has 0 aromatic carbocycles. The Hall–Kier alpha value is -1.93. The molecule has 5 heteroatoms. The molecule has 0 N–H and O–H groups in total. The molecule has 1 amide bonds. The van der Waals surface area contributed by atoms with Gasteiger partial charge in [-0.15, -0.1) is 5.92 Å². The van der Waals surface area contributed by atoms with Gasteiger partial charge in [0, 0.05) is 37.5 Å². The highest BCUT2D eigenvalue weighted by Crippen LogP contribution is 2.39. The quantitative estimate of drug-likeness (QED) is 0.793. The molecule has 2 fully saturated rings. The van der Waals surface area contributed by atoms with Crippen molar-refractivity contribution in [3.8, 4) is 11.8 Å². The molecule has 2 aliphatic rings. The van der Waals surface area contributed by atoms with Gasteiger partial charge in [-0.1, -0.05) is 12.8 Å². The van der Waals surface area contributed by atoms with Gasteiger partial charge in [0.2, 0.25) is 5.91 Å². The standard InChI is InChI=1S/C20H28N4O/c1-3-4-5-10-23-11-6-8-20(15-23)9-7-19(25)24(16-20)14-18-13-21-17(2)12-22-18/h12-13H,3,6-11,14-16H2,1-2H3. The van der Waals surface area contributed by atoms with Crippen LogP contribution in [0.3, 0.4) is 0 Å². The average Bonchev–Trinajstić information content (AvgIpc) is 2.61. The minimum atomic E-state index is 0.220. The molecule has 5 nitrogen and oxygen atoms in total. The summed E-state index contributed by atoms with van der Waals surface area (Å²) in [5.41, 5.74) is 2.00. The number of rotatable bonds is 3. The summed E-state index contributed by atoms with van der Waals surface area (Å²) in [5, 5.41) is 0. The smallest absolute Gasteiger partial charge is 0.222 e. The fourth-order valence-electron chi connectivity index (χ4n) is 4.01. The maximum atomic E-state index is 12.4. The highest BCUT2D eigenvalue weighted by molar-refractivity contribution is 5.77. The van der Waals surface area contributed by atoms with Gasteiger partial charge in [-0.05, 0) is 32.7 Å². The number of nitrogens with zero attached hydrogens (tertiary/aromatic N) is 4. The lowest BCUT2D eigenvalue weighted by Gasteiger charge is -2.48. The highest BCUT2D eigenvalue weighted by atomic mass is 16.2. The average molecular weight is 340 g/mol. The number of hydrogen-bond acceptors (Lipinski definition) is 4. The summed E-state index contributed by atoms with van der Waals surface area (Å²) >= 11 is 0. The van der Waals surface area contributed by atoms with E-state index in [9.17, 15) is 4.79 Å². The van der Waals surface area contributed by atoms with E-state index in [1.807, 2.05) is 11.8 Å². The van der Waals surface area contributed by atoms with E-state index in [-0.39, 0.29) is 11.3 Å². The zero-order valence-corrected chi connectivity index (χ0v) is 15.4. The van der Waals surface area contributed by atoms with Crippen molar-refractivity contribution in [2.45, 2.75) is 52.5 Å². The number of carbonyl (C=O) groups excluding carboxylic acids is 1. The van der Waals surface area contributed by atoms with Crippen molar-refractivity contribution in [1.29, 1.82) is 0 Å². The van der Waals surface area contributed by atoms with Crippen molar-refractivity contribution in [2.24, 2.45) is 5.41 Å². The normalized spacial score (nSPS) is 24.2. The van der Waals surface area contributed by atoms with Crippen molar-refractivity contribution in [2.75, 3.05) is 26.2 Å². The molecule has 3 heterocycles. The van der Waals surface area contributed by atoms with Crippen LogP contribution in [-0.4, -0.2) is 51.9 Å². The van der Waals surface area contributed by atoms with Crippen molar-refractivity contribution in [3.63, 3.8) is 0 Å². The van der Waals surface area contributed by atoms with Crippen LogP contribution in [0.4, 0.5) is 0 Å². The summed E-state index contributed by atoms with van der Waals surface area (Å²) in [7, 11) is 0. The van der Waals surface area contributed by atoms with E-state index in [0.717, 1.165) is 50.4 Å². The third-order valence-electron chi connectivity index (χ3n) is 5.28. The van der Waals surface area contributed by atoms with Crippen LogP contribution in [0, 0.1) is 24.2 Å². The molecule has 1 atom stereocenters. The Bertz CT molecular complexity index is 661. The molecule has 0 aliphatic carbocycles. The van der Waals surface area contributed by atoms with Crippen LogP contribution in [0.5, 0.6) is 0 Å². The van der Waals surface area contributed by atoms with Crippen molar-refractivity contribution in [1.82, 2.24) is 19.8 Å². The van der Waals surface area contributed by atoms with Crippen LogP contribution in [0.25, 0.3) is 0 Å². The monoisotopic (exact) mass is 340 g/mol. The van der Waals surface area contributed by atoms with Gasteiger partial charge in [0.05, 0.1) is 30.7 Å². The molecule has 0 radical (unpaired) electrons. The molecule has 1 spiro atoms. The number of piperidine rings is 2. The Labute approximate surface area is 150 Å². The van der Waals surface area contributed by atoms with Crippen molar-refractivity contribution >= 4 is 5.91 Å². The first-order chi connectivity index (χ1) is 12.1. The van der Waals surface area contributed by atoms with E-state index >= 15 is 0 Å². The van der Waals surface area contributed by atoms with E-state index in [0.29, 0.717) is 13.0 Å². The third-order valence-corrected chi connectivity index (χ3v) is 5.28. The van der Waals surface area contributed by atoms with Gasteiger partial charge in [-0.3, -0.25) is 19.7 Å². The Morgan fingerprint density at radius 3 is 2.84 bits per heavy atom. The van der Waals surface area contributed by atoms with Crippen LogP contribution in [-0.2, 0) is 11.3 Å². The minimum absolute atomic E-state index is 0.220. The molecule has 1 aromatic rings. The lowest BCUT2D eigenvalue weighted by atomic mass is 9.73. The number of hydrogen-bond donors (Lipinski definition) is 0. The number of amides is 1. The topological polar surface area (TPSA) is 49.3 Å². The first-order valence-electron chi connectivity index (χ1n) is 9.34. The van der Waals surface area contributed by atoms with E-state index in [4.69, 9.17) is 0 Å². The summed E-state index contributed by atoms with van der Waals surface area (Å²) in [6.07, 6.45) is 8.52. The van der Waals surface area contributed by atoms with Gasteiger partial charge in [0.1, 0.15) is 0 Å². The first kappa shape index (κ1) is 17.9. The highest BCUT2D eigenvalue weighted by Gasteiger charge is 2.41. The Morgan fingerprint density at radius 2 is 2.08 bits per heavy atom. The Kier molecular flexibility index (Phi) is 5.70. The fourth-order valence-corrected chi connectivity index (χ4v) is 4.01. The fraction of sp³-hybridized carbons (Fsp3) is 0.650. The first-order valence-corrected chi connectivity index (χ1v) is 9.34. The predicted molar refractivity (Wildman–Crippen MR) is 97.6 cm³/mol. The summed E-state index contributed by atoms with van der Waals surface area (Å²) in [6.45, 7) is 8.45. The van der Waals surface area contributed by atoms with Gasteiger partial charge in [0.25, 0.3) is 0 Å². The lowest BCUT2D eigenvalue weighted by molar-refractivity contribution is -0.140. The molecule has 25 heavy (non-hydrogen) atoms. The number of carbonyl (C=O) groups is 1. The zero-order valence-electron chi connectivity index (χ0n) is 15.4. The minimum Gasteiger partial charge on any atom is -0.336 e. The van der Waals surface area contributed by atoms with Crippen LogP contribution in [0.15, 0.2) is 12.4 Å². The second-order valence-electron chi connectivity index (χ2n) is 7.42. The summed E-state index contributed by atoms with van der Waals surface area (Å²) in [5.74, 6) is 6.68. The second kappa shape index (κ2) is 7.97. The Morgan fingerprint density at radius 1 is 1.20 bits per heavy atom. The predicted octanol–water partition coefficient (Wildman–Crippen LogP) is 2.40. The SMILES string of the molecule is CCC#CCN1CCCC2(CCC(=O)N(Cc3cnc(C)cn3)C2)C1. The third kappa shape index (κ3) is 4.58. The summed E-state index contributed by atoms with van der Waals surface area (Å²) in [4.78, 5) is 25.6. The molecular formula is C20H28N4O. The molecule has 0 bridgehead atoms. The number of likely N-dealkylation sites (tertiary alicyclic amines) is 2. The molecule has 0 saturated carbocycles. The maximum absolute atomic E-state index is 12.4. The molecule has 2 saturated heterocycles. The van der Waals surface area contributed by atoms with Crippen LogP contribution in [0.2, 0.25) is 0 Å². The molecule has 134 valence electrons. The zero-order chi connectivity index (χ0) is 17.7. The van der Waals surface area contributed by atoms with E-state index in [1.54, 1.807) is 12.4 Å². The number of aromatic nitrogens is 2. The number of aryl methyl sites for hydroxylation is 1. The summed E-state index contributed by atoms with van der Waals surface area (Å²) < 4.78 is 0. The van der Waals surface area contributed by atoms with Gasteiger partial charge < -0.3 is 4.90 Å². The second-order valence-corrected chi connectivity index (χ2v) is 7.42. The molecule has 1 unspecified atom stereocenters. The van der Waals surface area contributed by atoms with Crippen molar-refractivity contribution < 1.29 is 4.79 Å². The Balaban J connectivity index is 1.66. The largest absolute Gasteiger partial charge is 0.336 e. The van der Waals surface area contributed by atoms with E-state index in [2.05, 4.69) is 33.6 Å². The van der Waals surface area contributed by atoms with Gasteiger partial charge in [0.15, 0.2) is 0 Å². The van der Waals surface area contributed by atoms with Gasteiger partial charge in [-0.2, -0.15) is 0 Å². The summed E-state index contributed by atoms with van der Waals surface area (Å²) in [6, 6.07) is 0. The van der Waals surface area contributed by atoms with Crippen LogP contribution >= 0.6 is 0 Å². The maximum Gasteiger partial charge on any atom is 0.222 e. The molecule has 2 aliphatic heterocycles. The van der Waals surface area contributed by atoms with Crippen LogP contribution in [0.1, 0.15) is 50.4 Å². The molecule has 1 aromatic heterocycles. The van der Waals surface area contributed by atoms with Gasteiger partial charge >= 0.3 is 0 Å². The molecular weight excluding hydrogens is 312 g/mol. The van der Waals surface area contributed by atoms with E-state index in [1.165, 1.54) is 12.8 Å². The molecule has 3 rings (SSSR count). The van der Waals surface area contributed by atoms with Gasteiger partial charge in [-0.25, -0.2) is 0 Å². The van der Waals surface area contributed by atoms with E-state index < -0.39 is 0 Å².